The van der Waals surface area contributed by atoms with E-state index >= 15 is 0 Å². The summed E-state index contributed by atoms with van der Waals surface area (Å²) in [7, 11) is 1.40. The molecule has 160 valence electrons. The molecule has 12 nitrogen and oxygen atoms in total. The quantitative estimate of drug-likeness (QED) is 0.303. The van der Waals surface area contributed by atoms with Gasteiger partial charge in [0.05, 0.1) is 25.6 Å². The van der Waals surface area contributed by atoms with Crippen molar-refractivity contribution in [3.8, 4) is 17.2 Å². The van der Waals surface area contributed by atoms with Crippen LogP contribution >= 0.6 is 0 Å². The van der Waals surface area contributed by atoms with Gasteiger partial charge in [0, 0.05) is 6.54 Å². The number of benzene rings is 1. The Balaban J connectivity index is 1.62. The molecule has 1 saturated heterocycles. The average molecular weight is 419 g/mol. The van der Waals surface area contributed by atoms with E-state index in [0.29, 0.717) is 17.0 Å². The predicted molar refractivity (Wildman–Crippen MR) is 102 cm³/mol. The van der Waals surface area contributed by atoms with Gasteiger partial charge >= 0.3 is 0 Å². The molecule has 1 aromatic carbocycles. The van der Waals surface area contributed by atoms with Crippen LogP contribution in [0.25, 0.3) is 11.2 Å². The fourth-order valence-electron chi connectivity index (χ4n) is 3.39. The topological polar surface area (TPSA) is 175 Å². The van der Waals surface area contributed by atoms with Crippen molar-refractivity contribution < 1.29 is 35.0 Å². The number of anilines is 1. The van der Waals surface area contributed by atoms with E-state index < -0.39 is 31.1 Å². The molecule has 0 amide bonds. The number of aromatic hydroxyl groups is 2. The summed E-state index contributed by atoms with van der Waals surface area (Å²) in [5.41, 5.74) is 0.877. The lowest BCUT2D eigenvalue weighted by Gasteiger charge is -2.16. The number of rotatable bonds is 6. The zero-order valence-electron chi connectivity index (χ0n) is 15.9. The first-order valence-electron chi connectivity index (χ1n) is 9.08. The van der Waals surface area contributed by atoms with E-state index in [1.165, 1.54) is 36.5 Å². The van der Waals surface area contributed by atoms with Gasteiger partial charge in [0.25, 0.3) is 0 Å². The Bertz CT molecular complexity index is 1060. The van der Waals surface area contributed by atoms with E-state index in [1.807, 2.05) is 0 Å². The van der Waals surface area contributed by atoms with E-state index in [-0.39, 0.29) is 29.4 Å². The highest BCUT2D eigenvalue weighted by Gasteiger charge is 2.44. The van der Waals surface area contributed by atoms with Crippen molar-refractivity contribution in [2.45, 2.75) is 31.1 Å². The molecular formula is C18H21N5O7. The first-order valence-corrected chi connectivity index (χ1v) is 9.08. The molecule has 2 aromatic heterocycles. The van der Waals surface area contributed by atoms with Crippen LogP contribution in [-0.2, 0) is 11.3 Å². The zero-order valence-corrected chi connectivity index (χ0v) is 15.9. The first-order chi connectivity index (χ1) is 14.5. The second-order valence-corrected chi connectivity index (χ2v) is 6.74. The predicted octanol–water partition coefficient (Wildman–Crippen LogP) is -0.530. The summed E-state index contributed by atoms with van der Waals surface area (Å²) < 4.78 is 12.0. The molecule has 12 heteroatoms. The standard InChI is InChI=1S/C18H21N5O7/c1-29-10-3-2-9(25)8(13(10)26)4-19-16-12-17(21-6-20-16)23(7-22-12)18-15(28)14(27)11(5-24)30-18/h2-3,6-7,11,14-15,18,24-28H,4-5H2,1H3,(H,19,20,21)/t11-,14-,15-,18-/m1/s1. The molecule has 0 spiro atoms. The van der Waals surface area contributed by atoms with Crippen molar-refractivity contribution in [1.82, 2.24) is 19.5 Å². The molecule has 0 unspecified atom stereocenters. The third-order valence-corrected chi connectivity index (χ3v) is 5.02. The van der Waals surface area contributed by atoms with Crippen LogP contribution in [0.15, 0.2) is 24.8 Å². The Morgan fingerprint density at radius 2 is 1.97 bits per heavy atom. The Morgan fingerprint density at radius 1 is 1.17 bits per heavy atom. The SMILES string of the molecule is COc1ccc(O)c(CNc2ncnc3c2ncn3[C@@H]2O[C@H](CO)[C@@H](O)[C@H]2O)c1O. The van der Waals surface area contributed by atoms with Gasteiger partial charge in [-0.15, -0.1) is 0 Å². The van der Waals surface area contributed by atoms with Gasteiger partial charge in [-0.2, -0.15) is 0 Å². The molecule has 0 radical (unpaired) electrons. The van der Waals surface area contributed by atoms with Crippen LogP contribution in [0, 0.1) is 0 Å². The van der Waals surface area contributed by atoms with E-state index in [2.05, 4.69) is 20.3 Å². The van der Waals surface area contributed by atoms with Crippen molar-refractivity contribution in [2.75, 3.05) is 19.0 Å². The fourth-order valence-corrected chi connectivity index (χ4v) is 3.39. The van der Waals surface area contributed by atoms with Crippen LogP contribution in [0.1, 0.15) is 11.8 Å². The number of phenolic OH excluding ortho intramolecular Hbond substituents is 2. The van der Waals surface area contributed by atoms with Crippen molar-refractivity contribution in [3.63, 3.8) is 0 Å². The number of aliphatic hydroxyl groups excluding tert-OH is 3. The summed E-state index contributed by atoms with van der Waals surface area (Å²) in [5.74, 6) is 0.202. The molecule has 1 aliphatic rings. The van der Waals surface area contributed by atoms with Gasteiger partial charge in [0.2, 0.25) is 0 Å². The van der Waals surface area contributed by atoms with Crippen molar-refractivity contribution >= 4 is 17.0 Å². The van der Waals surface area contributed by atoms with Crippen molar-refractivity contribution in [1.29, 1.82) is 0 Å². The largest absolute Gasteiger partial charge is 0.507 e. The minimum Gasteiger partial charge on any atom is -0.507 e. The van der Waals surface area contributed by atoms with Gasteiger partial charge < -0.3 is 40.3 Å². The molecule has 0 aliphatic carbocycles. The lowest BCUT2D eigenvalue weighted by atomic mass is 10.1. The molecule has 3 aromatic rings. The summed E-state index contributed by atoms with van der Waals surface area (Å²) in [5, 5.41) is 52.8. The minimum atomic E-state index is -1.28. The number of ether oxygens (including phenoxy) is 2. The molecule has 3 heterocycles. The van der Waals surface area contributed by atoms with Gasteiger partial charge in [0.1, 0.15) is 30.4 Å². The number of aliphatic hydroxyl groups is 3. The molecule has 0 saturated carbocycles. The van der Waals surface area contributed by atoms with E-state index in [1.54, 1.807) is 0 Å². The number of nitrogens with zero attached hydrogens (tertiary/aromatic N) is 4. The highest BCUT2D eigenvalue weighted by atomic mass is 16.6. The number of fused-ring (bicyclic) bond motifs is 1. The number of imidazole rings is 1. The van der Waals surface area contributed by atoms with Crippen LogP contribution in [0.3, 0.4) is 0 Å². The van der Waals surface area contributed by atoms with Gasteiger partial charge in [-0.3, -0.25) is 4.57 Å². The lowest BCUT2D eigenvalue weighted by Crippen LogP contribution is -2.33. The van der Waals surface area contributed by atoms with Gasteiger partial charge in [-0.05, 0) is 12.1 Å². The maximum Gasteiger partial charge on any atom is 0.167 e. The summed E-state index contributed by atoms with van der Waals surface area (Å²) in [6, 6.07) is 2.85. The second-order valence-electron chi connectivity index (χ2n) is 6.74. The Labute approximate surface area is 170 Å². The number of methoxy groups -OCH3 is 1. The highest BCUT2D eigenvalue weighted by molar-refractivity contribution is 5.82. The number of aromatic nitrogens is 4. The maximum atomic E-state index is 10.3. The third-order valence-electron chi connectivity index (χ3n) is 5.02. The van der Waals surface area contributed by atoms with Gasteiger partial charge in [0.15, 0.2) is 34.7 Å². The Kier molecular flexibility index (Phi) is 5.30. The smallest absolute Gasteiger partial charge is 0.167 e. The monoisotopic (exact) mass is 419 g/mol. The summed E-state index contributed by atoms with van der Waals surface area (Å²) in [6.45, 7) is -0.432. The van der Waals surface area contributed by atoms with Crippen molar-refractivity contribution in [2.24, 2.45) is 0 Å². The third kappa shape index (κ3) is 3.25. The van der Waals surface area contributed by atoms with Crippen molar-refractivity contribution in [3.05, 3.63) is 30.4 Å². The molecule has 30 heavy (non-hydrogen) atoms. The normalized spacial score (nSPS) is 23.7. The average Bonchev–Trinajstić information content (AvgIpc) is 3.29. The maximum absolute atomic E-state index is 10.3. The molecule has 6 N–H and O–H groups in total. The van der Waals surface area contributed by atoms with E-state index in [9.17, 15) is 25.5 Å². The van der Waals surface area contributed by atoms with Gasteiger partial charge in [-0.25, -0.2) is 15.0 Å². The molecule has 1 fully saturated rings. The van der Waals surface area contributed by atoms with Gasteiger partial charge in [-0.1, -0.05) is 0 Å². The molecule has 4 rings (SSSR count). The number of hydrogen-bond acceptors (Lipinski definition) is 11. The van der Waals surface area contributed by atoms with E-state index in [4.69, 9.17) is 9.47 Å². The summed E-state index contributed by atoms with van der Waals surface area (Å²) in [4.78, 5) is 12.6. The number of phenols is 2. The van der Waals surface area contributed by atoms with Crippen LogP contribution in [0.5, 0.6) is 17.2 Å². The Morgan fingerprint density at radius 3 is 2.67 bits per heavy atom. The fraction of sp³-hybridized carbons (Fsp3) is 0.389. The van der Waals surface area contributed by atoms with Crippen LogP contribution in [0.4, 0.5) is 5.82 Å². The van der Waals surface area contributed by atoms with E-state index in [0.717, 1.165) is 0 Å². The summed E-state index contributed by atoms with van der Waals surface area (Å²) >= 11 is 0. The molecular weight excluding hydrogens is 398 g/mol. The summed E-state index contributed by atoms with van der Waals surface area (Å²) in [6.07, 6.45) is -1.80. The minimum absolute atomic E-state index is 0.0156. The zero-order chi connectivity index (χ0) is 21.4. The first kappa shape index (κ1) is 20.1. The second kappa shape index (κ2) is 7.91. The Hall–Kier alpha value is -3.19. The molecule has 4 atom stereocenters. The molecule has 0 bridgehead atoms. The lowest BCUT2D eigenvalue weighted by molar-refractivity contribution is -0.0511. The number of hydrogen-bond donors (Lipinski definition) is 6. The highest BCUT2D eigenvalue weighted by Crippen LogP contribution is 2.36. The van der Waals surface area contributed by atoms with Crippen LogP contribution < -0.4 is 10.1 Å². The van der Waals surface area contributed by atoms with Crippen LogP contribution in [-0.4, -0.2) is 77.1 Å². The van der Waals surface area contributed by atoms with Crippen LogP contribution in [0.2, 0.25) is 0 Å². The molecule has 1 aliphatic heterocycles. The number of nitrogens with one attached hydrogen (secondary N) is 1.